The third-order valence-corrected chi connectivity index (χ3v) is 6.54. The molecule has 1 unspecified atom stereocenters. The Morgan fingerprint density at radius 3 is 2.62 bits per heavy atom. The Bertz CT molecular complexity index is 1310. The fraction of sp³-hybridized carbons (Fsp3) is 0.269. The number of furan rings is 1. The van der Waals surface area contributed by atoms with Crippen LogP contribution < -0.4 is 0 Å². The van der Waals surface area contributed by atoms with E-state index < -0.39 is 23.6 Å². The van der Waals surface area contributed by atoms with E-state index in [1.54, 1.807) is 19.1 Å². The van der Waals surface area contributed by atoms with Crippen molar-refractivity contribution in [2.75, 3.05) is 0 Å². The van der Waals surface area contributed by atoms with Crippen molar-refractivity contribution in [1.82, 2.24) is 0 Å². The van der Waals surface area contributed by atoms with Crippen LogP contribution in [0.1, 0.15) is 80.6 Å². The number of hydrogen-bond acceptors (Lipinski definition) is 6. The topological polar surface area (TPSA) is 93.8 Å². The maximum atomic E-state index is 13.3. The number of aromatic hydroxyl groups is 1. The number of fused-ring (bicyclic) bond motifs is 5. The number of hydrogen-bond donors (Lipinski definition) is 1. The van der Waals surface area contributed by atoms with Crippen LogP contribution in [0.5, 0.6) is 5.75 Å². The van der Waals surface area contributed by atoms with E-state index in [1.165, 1.54) is 18.4 Å². The Labute approximate surface area is 184 Å². The van der Waals surface area contributed by atoms with Gasteiger partial charge < -0.3 is 14.3 Å². The first kappa shape index (κ1) is 20.2. The van der Waals surface area contributed by atoms with Gasteiger partial charge in [-0.05, 0) is 54.5 Å². The quantitative estimate of drug-likeness (QED) is 0.437. The Hall–Kier alpha value is -3.67. The molecule has 0 radical (unpaired) electrons. The van der Waals surface area contributed by atoms with Crippen molar-refractivity contribution >= 4 is 17.5 Å². The number of esters is 1. The molecule has 6 heteroatoms. The highest BCUT2D eigenvalue weighted by Gasteiger charge is 2.43. The van der Waals surface area contributed by atoms with E-state index in [4.69, 9.17) is 9.15 Å². The molecular weight excluding hydrogens is 408 g/mol. The minimum atomic E-state index is -0.697. The summed E-state index contributed by atoms with van der Waals surface area (Å²) < 4.78 is 11.5. The van der Waals surface area contributed by atoms with Gasteiger partial charge in [0.25, 0.3) is 0 Å². The van der Waals surface area contributed by atoms with Crippen LogP contribution in [0.2, 0.25) is 0 Å². The molecule has 1 atom stereocenters. The van der Waals surface area contributed by atoms with Crippen LogP contribution in [-0.2, 0) is 10.2 Å². The number of aryl methyl sites for hydroxylation is 1. The molecular formula is C26H22O6. The second kappa shape index (κ2) is 6.92. The van der Waals surface area contributed by atoms with Gasteiger partial charge >= 0.3 is 5.97 Å². The zero-order valence-electron chi connectivity index (χ0n) is 18.0. The highest BCUT2D eigenvalue weighted by atomic mass is 16.5. The van der Waals surface area contributed by atoms with E-state index >= 15 is 0 Å². The number of phenols is 1. The van der Waals surface area contributed by atoms with Gasteiger partial charge in [0.05, 0.1) is 17.4 Å². The van der Waals surface area contributed by atoms with Gasteiger partial charge in [-0.2, -0.15) is 0 Å². The Morgan fingerprint density at radius 2 is 1.88 bits per heavy atom. The van der Waals surface area contributed by atoms with Crippen molar-refractivity contribution < 1.29 is 28.6 Å². The molecule has 0 amide bonds. The first-order valence-electron chi connectivity index (χ1n) is 10.5. The Morgan fingerprint density at radius 1 is 1.12 bits per heavy atom. The van der Waals surface area contributed by atoms with Gasteiger partial charge in [-0.3, -0.25) is 9.59 Å². The summed E-state index contributed by atoms with van der Waals surface area (Å²) in [4.78, 5) is 39.1. The highest BCUT2D eigenvalue weighted by Crippen LogP contribution is 2.49. The molecule has 32 heavy (non-hydrogen) atoms. The Kier molecular flexibility index (Phi) is 4.38. The summed E-state index contributed by atoms with van der Waals surface area (Å²) in [6, 6.07) is 9.69. The van der Waals surface area contributed by atoms with Crippen molar-refractivity contribution in [3.05, 3.63) is 76.0 Å². The first-order chi connectivity index (χ1) is 15.2. The van der Waals surface area contributed by atoms with E-state index in [0.29, 0.717) is 34.4 Å². The third kappa shape index (κ3) is 2.90. The van der Waals surface area contributed by atoms with Gasteiger partial charge in [0.2, 0.25) is 11.6 Å². The molecule has 6 nitrogen and oxygen atoms in total. The van der Waals surface area contributed by atoms with Crippen LogP contribution in [0.3, 0.4) is 0 Å². The van der Waals surface area contributed by atoms with E-state index in [-0.39, 0.29) is 22.3 Å². The number of carbonyl (C=O) groups is 3. The van der Waals surface area contributed by atoms with Gasteiger partial charge in [-0.25, -0.2) is 4.79 Å². The number of carbonyl (C=O) groups excluding carboxylic acids is 3. The second-order valence-electron chi connectivity index (χ2n) is 9.10. The van der Waals surface area contributed by atoms with Crippen LogP contribution in [0.4, 0.5) is 0 Å². The van der Waals surface area contributed by atoms with Crippen molar-refractivity contribution in [2.24, 2.45) is 0 Å². The number of ketones is 2. The van der Waals surface area contributed by atoms with E-state index in [1.807, 2.05) is 12.1 Å². The lowest BCUT2D eigenvalue weighted by atomic mass is 9.68. The Balaban J connectivity index is 1.67. The highest BCUT2D eigenvalue weighted by molar-refractivity contribution is 6.53. The molecule has 1 N–H and O–H groups in total. The number of ether oxygens (including phenoxy) is 1. The summed E-state index contributed by atoms with van der Waals surface area (Å²) in [5.74, 6) is -1.47. The van der Waals surface area contributed by atoms with E-state index in [9.17, 15) is 19.5 Å². The van der Waals surface area contributed by atoms with Crippen molar-refractivity contribution in [3.63, 3.8) is 0 Å². The van der Waals surface area contributed by atoms with Gasteiger partial charge in [0.1, 0.15) is 17.6 Å². The molecule has 1 aromatic heterocycles. The molecule has 3 aromatic rings. The summed E-state index contributed by atoms with van der Waals surface area (Å²) in [5.41, 5.74) is 3.13. The van der Waals surface area contributed by atoms with Crippen molar-refractivity contribution in [3.8, 4) is 17.1 Å². The zero-order chi connectivity index (χ0) is 22.8. The predicted molar refractivity (Wildman–Crippen MR) is 116 cm³/mol. The number of phenolic OH excluding ortho intramolecular Hbond substituents is 1. The fourth-order valence-electron chi connectivity index (χ4n) is 4.85. The minimum absolute atomic E-state index is 0.0384. The van der Waals surface area contributed by atoms with Crippen molar-refractivity contribution in [1.29, 1.82) is 0 Å². The largest absolute Gasteiger partial charge is 0.508 e. The molecule has 0 bridgehead atoms. The molecule has 0 spiro atoms. The summed E-state index contributed by atoms with van der Waals surface area (Å²) in [5, 5.41) is 9.71. The molecule has 0 saturated carbocycles. The molecule has 0 fully saturated rings. The monoisotopic (exact) mass is 430 g/mol. The number of benzene rings is 2. The lowest BCUT2D eigenvalue weighted by Crippen LogP contribution is -2.33. The lowest BCUT2D eigenvalue weighted by molar-refractivity contribution is 0.0225. The van der Waals surface area contributed by atoms with Crippen molar-refractivity contribution in [2.45, 2.75) is 45.1 Å². The van der Waals surface area contributed by atoms with Gasteiger partial charge in [0, 0.05) is 16.7 Å². The molecule has 0 aliphatic heterocycles. The van der Waals surface area contributed by atoms with Gasteiger partial charge in [0.15, 0.2) is 0 Å². The molecule has 2 aromatic carbocycles. The van der Waals surface area contributed by atoms with Gasteiger partial charge in [-0.1, -0.05) is 32.0 Å². The molecule has 0 saturated heterocycles. The molecule has 5 rings (SSSR count). The molecule has 2 aliphatic rings. The molecule has 2 aliphatic carbocycles. The number of Topliss-reactive ketones (excluding diaryl/α,β-unsaturated/α-hetero) is 2. The lowest BCUT2D eigenvalue weighted by Gasteiger charge is -2.38. The van der Waals surface area contributed by atoms with Crippen LogP contribution in [0.15, 0.2) is 47.1 Å². The summed E-state index contributed by atoms with van der Waals surface area (Å²) in [6.45, 7) is 5.88. The normalized spacial score (nSPS) is 18.5. The molecule has 1 heterocycles. The summed E-state index contributed by atoms with van der Waals surface area (Å²) >= 11 is 0. The molecule has 162 valence electrons. The van der Waals surface area contributed by atoms with E-state index in [0.717, 1.165) is 12.0 Å². The minimum Gasteiger partial charge on any atom is -0.508 e. The standard InChI is InChI=1S/C26H22O6/c1-13-12-31-24-16-7-8-17-21(20(16)23(29)22(28)19(13)24)18(9-10-26(17,2)3)32-25(30)14-5-4-6-15(27)11-14/h4-8,11-12,18,27H,9-10H2,1-3H3. The average molecular weight is 430 g/mol. The summed E-state index contributed by atoms with van der Waals surface area (Å²) in [6.07, 6.45) is 2.03. The first-order valence-corrected chi connectivity index (χ1v) is 10.5. The summed E-state index contributed by atoms with van der Waals surface area (Å²) in [7, 11) is 0. The SMILES string of the molecule is Cc1coc2c1C(=O)C(=O)c1c-2ccc2c1C(OC(=O)c1cccc(O)c1)CCC2(C)C. The third-order valence-electron chi connectivity index (χ3n) is 6.54. The number of rotatable bonds is 2. The second-order valence-corrected chi connectivity index (χ2v) is 9.10. The fourth-order valence-corrected chi connectivity index (χ4v) is 4.85. The predicted octanol–water partition coefficient (Wildman–Crippen LogP) is 5.31. The van der Waals surface area contributed by atoms with Crippen LogP contribution in [0.25, 0.3) is 11.3 Å². The smallest absolute Gasteiger partial charge is 0.338 e. The van der Waals surface area contributed by atoms with Crippen LogP contribution in [0, 0.1) is 6.92 Å². The van der Waals surface area contributed by atoms with Crippen LogP contribution in [-0.4, -0.2) is 22.6 Å². The maximum absolute atomic E-state index is 13.3. The zero-order valence-corrected chi connectivity index (χ0v) is 18.0. The van der Waals surface area contributed by atoms with E-state index in [2.05, 4.69) is 13.8 Å². The van der Waals surface area contributed by atoms with Crippen LogP contribution >= 0.6 is 0 Å². The van der Waals surface area contributed by atoms with Gasteiger partial charge in [-0.15, -0.1) is 0 Å². The average Bonchev–Trinajstić information content (AvgIpc) is 3.15. The maximum Gasteiger partial charge on any atom is 0.338 e.